The molecule has 2 rings (SSSR count). The van der Waals surface area contributed by atoms with Gasteiger partial charge in [-0.2, -0.15) is 0 Å². The van der Waals surface area contributed by atoms with Crippen molar-refractivity contribution in [2.24, 2.45) is 0 Å². The van der Waals surface area contributed by atoms with Crippen LogP contribution in [0.1, 0.15) is 57.2 Å². The van der Waals surface area contributed by atoms with Crippen LogP contribution >= 0.6 is 11.3 Å². The van der Waals surface area contributed by atoms with Gasteiger partial charge in [-0.25, -0.2) is 9.78 Å². The lowest BCUT2D eigenvalue weighted by Crippen LogP contribution is -2.51. The van der Waals surface area contributed by atoms with Gasteiger partial charge in [0.25, 0.3) is 0 Å². The molecule has 0 saturated carbocycles. The summed E-state index contributed by atoms with van der Waals surface area (Å²) in [6.45, 7) is 9.81. The fraction of sp³-hybridized carbons (Fsp3) is 0.733. The molecule has 1 aromatic heterocycles. The second-order valence-corrected chi connectivity index (χ2v) is 7.39. The van der Waals surface area contributed by atoms with Gasteiger partial charge in [0.15, 0.2) is 0 Å². The monoisotopic (exact) mass is 295 g/mol. The van der Waals surface area contributed by atoms with E-state index >= 15 is 0 Å². The van der Waals surface area contributed by atoms with E-state index in [1.54, 1.807) is 11.3 Å². The number of hydrogen-bond donors (Lipinski definition) is 1. The standard InChI is InChI=1S/C15H25N3OS/c1-5-12-10-20-13(16-12)11-7-6-8-18(9-11)14(19)17-15(2,3)4/h10-11H,5-9H2,1-4H3,(H,17,19)/t11-/m1/s1. The van der Waals surface area contributed by atoms with E-state index in [2.05, 4.69) is 22.6 Å². The van der Waals surface area contributed by atoms with Gasteiger partial charge in [-0.05, 0) is 40.0 Å². The normalized spacial score (nSPS) is 20.0. The van der Waals surface area contributed by atoms with E-state index < -0.39 is 0 Å². The third-order valence-corrected chi connectivity index (χ3v) is 4.53. The molecule has 1 aliphatic heterocycles. The lowest BCUT2D eigenvalue weighted by Gasteiger charge is -2.34. The van der Waals surface area contributed by atoms with Gasteiger partial charge in [0.2, 0.25) is 0 Å². The number of amides is 2. The number of piperidine rings is 1. The van der Waals surface area contributed by atoms with Crippen LogP contribution in [-0.2, 0) is 6.42 Å². The first-order valence-electron chi connectivity index (χ1n) is 7.40. The molecule has 0 unspecified atom stereocenters. The summed E-state index contributed by atoms with van der Waals surface area (Å²) >= 11 is 1.74. The second-order valence-electron chi connectivity index (χ2n) is 6.50. The molecule has 0 bridgehead atoms. The molecule has 112 valence electrons. The van der Waals surface area contributed by atoms with Crippen molar-refractivity contribution in [3.05, 3.63) is 16.1 Å². The van der Waals surface area contributed by atoms with Gasteiger partial charge in [0.1, 0.15) is 0 Å². The molecule has 2 amide bonds. The number of hydrogen-bond acceptors (Lipinski definition) is 3. The SMILES string of the molecule is CCc1csc([C@@H]2CCCN(C(=O)NC(C)(C)C)C2)n1. The average molecular weight is 295 g/mol. The summed E-state index contributed by atoms with van der Waals surface area (Å²) < 4.78 is 0. The van der Waals surface area contributed by atoms with Crippen molar-refractivity contribution in [1.82, 2.24) is 15.2 Å². The molecule has 1 atom stereocenters. The summed E-state index contributed by atoms with van der Waals surface area (Å²) in [4.78, 5) is 18.9. The Kier molecular flexibility index (Phi) is 4.68. The second kappa shape index (κ2) is 6.12. The largest absolute Gasteiger partial charge is 0.333 e. The van der Waals surface area contributed by atoms with Crippen LogP contribution in [0.5, 0.6) is 0 Å². The fourth-order valence-corrected chi connectivity index (χ4v) is 3.47. The summed E-state index contributed by atoms with van der Waals surface area (Å²) in [5, 5.41) is 6.38. The molecule has 0 radical (unpaired) electrons. The minimum absolute atomic E-state index is 0.0504. The van der Waals surface area contributed by atoms with Crippen LogP contribution in [0, 0.1) is 0 Å². The molecule has 20 heavy (non-hydrogen) atoms. The van der Waals surface area contributed by atoms with Crippen LogP contribution in [0.2, 0.25) is 0 Å². The van der Waals surface area contributed by atoms with Crippen molar-refractivity contribution < 1.29 is 4.79 Å². The molecule has 1 fully saturated rings. The van der Waals surface area contributed by atoms with Gasteiger partial charge in [-0.1, -0.05) is 6.92 Å². The van der Waals surface area contributed by atoms with Crippen molar-refractivity contribution in [1.29, 1.82) is 0 Å². The van der Waals surface area contributed by atoms with Gasteiger partial charge in [0, 0.05) is 29.9 Å². The number of nitrogens with one attached hydrogen (secondary N) is 1. The number of aryl methyl sites for hydroxylation is 1. The van der Waals surface area contributed by atoms with Gasteiger partial charge in [0.05, 0.1) is 10.7 Å². The molecule has 1 aliphatic rings. The highest BCUT2D eigenvalue weighted by Gasteiger charge is 2.28. The predicted molar refractivity (Wildman–Crippen MR) is 83.3 cm³/mol. The van der Waals surface area contributed by atoms with Crippen LogP contribution in [0.3, 0.4) is 0 Å². The van der Waals surface area contributed by atoms with Crippen molar-refractivity contribution in [2.75, 3.05) is 13.1 Å². The van der Waals surface area contributed by atoms with E-state index in [0.717, 1.165) is 32.4 Å². The van der Waals surface area contributed by atoms with Crippen molar-refractivity contribution in [3.8, 4) is 0 Å². The van der Waals surface area contributed by atoms with Crippen LogP contribution in [-0.4, -0.2) is 34.5 Å². The zero-order valence-corrected chi connectivity index (χ0v) is 13.7. The zero-order chi connectivity index (χ0) is 14.8. The highest BCUT2D eigenvalue weighted by molar-refractivity contribution is 7.09. The lowest BCUT2D eigenvalue weighted by atomic mass is 9.99. The number of nitrogens with zero attached hydrogens (tertiary/aromatic N) is 2. The molecule has 1 aromatic rings. The van der Waals surface area contributed by atoms with E-state index in [4.69, 9.17) is 0 Å². The van der Waals surface area contributed by atoms with Crippen LogP contribution in [0.25, 0.3) is 0 Å². The molecule has 1 N–H and O–H groups in total. The molecule has 0 aliphatic carbocycles. The van der Waals surface area contributed by atoms with E-state index in [9.17, 15) is 4.79 Å². The van der Waals surface area contributed by atoms with Gasteiger partial charge in [-0.3, -0.25) is 0 Å². The lowest BCUT2D eigenvalue weighted by molar-refractivity contribution is 0.171. The van der Waals surface area contributed by atoms with Crippen molar-refractivity contribution >= 4 is 17.4 Å². The Morgan fingerprint density at radius 1 is 1.55 bits per heavy atom. The smallest absolute Gasteiger partial charge is 0.317 e. The minimum Gasteiger partial charge on any atom is -0.333 e. The number of carbonyl (C=O) groups excluding carboxylic acids is 1. The molecular weight excluding hydrogens is 270 g/mol. The predicted octanol–water partition coefficient (Wildman–Crippen LogP) is 3.39. The number of urea groups is 1. The summed E-state index contributed by atoms with van der Waals surface area (Å²) in [5.74, 6) is 0.403. The van der Waals surface area contributed by atoms with Gasteiger partial charge in [-0.15, -0.1) is 11.3 Å². The Balaban J connectivity index is 1.99. The first kappa shape index (κ1) is 15.3. The topological polar surface area (TPSA) is 45.2 Å². The maximum Gasteiger partial charge on any atom is 0.317 e. The Hall–Kier alpha value is -1.10. The quantitative estimate of drug-likeness (QED) is 0.909. The Labute approximate surface area is 125 Å². The molecule has 0 aromatic carbocycles. The first-order chi connectivity index (χ1) is 9.39. The minimum atomic E-state index is -0.180. The summed E-state index contributed by atoms with van der Waals surface area (Å²) in [6, 6.07) is 0.0504. The molecule has 0 spiro atoms. The third kappa shape index (κ3) is 3.95. The Bertz CT molecular complexity index is 464. The highest BCUT2D eigenvalue weighted by atomic mass is 32.1. The Morgan fingerprint density at radius 3 is 2.90 bits per heavy atom. The maximum atomic E-state index is 12.2. The summed E-state index contributed by atoms with van der Waals surface area (Å²) in [6.07, 6.45) is 3.18. The first-order valence-corrected chi connectivity index (χ1v) is 8.28. The molecule has 5 heteroatoms. The molecular formula is C15H25N3OS. The van der Waals surface area contributed by atoms with E-state index in [-0.39, 0.29) is 11.6 Å². The van der Waals surface area contributed by atoms with Crippen molar-refractivity contribution in [3.63, 3.8) is 0 Å². The Morgan fingerprint density at radius 2 is 2.30 bits per heavy atom. The van der Waals surface area contributed by atoms with E-state index in [0.29, 0.717) is 5.92 Å². The average Bonchev–Trinajstić information content (AvgIpc) is 2.85. The zero-order valence-electron chi connectivity index (χ0n) is 12.9. The number of aromatic nitrogens is 1. The van der Waals surface area contributed by atoms with Crippen molar-refractivity contribution in [2.45, 2.75) is 58.4 Å². The molecule has 4 nitrogen and oxygen atoms in total. The number of thiazole rings is 1. The van der Waals surface area contributed by atoms with Crippen LogP contribution < -0.4 is 5.32 Å². The highest BCUT2D eigenvalue weighted by Crippen LogP contribution is 2.29. The molecule has 2 heterocycles. The van der Waals surface area contributed by atoms with Crippen LogP contribution in [0.15, 0.2) is 5.38 Å². The van der Waals surface area contributed by atoms with E-state index in [1.807, 2.05) is 25.7 Å². The number of likely N-dealkylation sites (tertiary alicyclic amines) is 1. The van der Waals surface area contributed by atoms with Crippen LogP contribution in [0.4, 0.5) is 4.79 Å². The van der Waals surface area contributed by atoms with E-state index in [1.165, 1.54) is 10.7 Å². The maximum absolute atomic E-state index is 12.2. The fourth-order valence-electron chi connectivity index (χ4n) is 2.44. The number of rotatable bonds is 2. The molecule has 1 saturated heterocycles. The summed E-state index contributed by atoms with van der Waals surface area (Å²) in [5.41, 5.74) is 0.988. The number of carbonyl (C=O) groups is 1. The van der Waals surface area contributed by atoms with Gasteiger partial charge >= 0.3 is 6.03 Å². The van der Waals surface area contributed by atoms with Gasteiger partial charge < -0.3 is 10.2 Å². The summed E-state index contributed by atoms with van der Waals surface area (Å²) in [7, 11) is 0. The third-order valence-electron chi connectivity index (χ3n) is 3.47.